The molecule has 21 heavy (non-hydrogen) atoms. The molecule has 2 aromatic rings. The average molecular weight is 289 g/mol. The molecule has 0 aliphatic carbocycles. The zero-order valence-corrected chi connectivity index (χ0v) is 10.9. The number of nitro benzene ring substituents is 1. The molecule has 108 valence electrons. The van der Waals surface area contributed by atoms with E-state index in [1.165, 1.54) is 30.3 Å². The Morgan fingerprint density at radius 1 is 1.29 bits per heavy atom. The van der Waals surface area contributed by atoms with Crippen LogP contribution in [0, 0.1) is 15.9 Å². The number of amides is 1. The van der Waals surface area contributed by atoms with Gasteiger partial charge in [-0.25, -0.2) is 4.39 Å². The quantitative estimate of drug-likeness (QED) is 0.513. The lowest BCUT2D eigenvalue weighted by molar-refractivity contribution is -0.385. The van der Waals surface area contributed by atoms with Gasteiger partial charge in [-0.2, -0.15) is 0 Å². The second-order valence-corrected chi connectivity index (χ2v) is 4.35. The smallest absolute Gasteiger partial charge is 0.273 e. The average Bonchev–Trinajstić information content (AvgIpc) is 2.43. The van der Waals surface area contributed by atoms with Crippen LogP contribution in [0.3, 0.4) is 0 Å². The predicted octanol–water partition coefficient (Wildman–Crippen LogP) is 2.50. The number of nitrogens with two attached hydrogens (primary N) is 1. The van der Waals surface area contributed by atoms with E-state index in [-0.39, 0.29) is 23.4 Å². The Bertz CT molecular complexity index is 704. The topological polar surface area (TPSA) is 98.3 Å². The molecule has 2 rings (SSSR count). The first-order valence-corrected chi connectivity index (χ1v) is 6.04. The molecule has 2 aromatic carbocycles. The van der Waals surface area contributed by atoms with Gasteiger partial charge in [-0.3, -0.25) is 14.9 Å². The first-order valence-electron chi connectivity index (χ1n) is 6.04. The van der Waals surface area contributed by atoms with Crippen molar-refractivity contribution in [3.05, 3.63) is 64.0 Å². The number of nitrogens with zero attached hydrogens (tertiary/aromatic N) is 1. The Hall–Kier alpha value is -2.96. The number of benzene rings is 2. The van der Waals surface area contributed by atoms with Crippen molar-refractivity contribution >= 4 is 23.0 Å². The first kappa shape index (κ1) is 14.4. The molecule has 0 spiro atoms. The zero-order chi connectivity index (χ0) is 15.4. The summed E-state index contributed by atoms with van der Waals surface area (Å²) in [5.41, 5.74) is 5.86. The molecule has 0 atom stereocenters. The summed E-state index contributed by atoms with van der Waals surface area (Å²) in [5, 5.41) is 13.2. The SMILES string of the molecule is Nc1ccc(F)c(NC(=O)Cc2ccccc2[N+](=O)[O-])c1. The van der Waals surface area contributed by atoms with Crippen molar-refractivity contribution in [1.82, 2.24) is 0 Å². The Morgan fingerprint density at radius 2 is 2.00 bits per heavy atom. The van der Waals surface area contributed by atoms with Crippen LogP contribution in [0.4, 0.5) is 21.5 Å². The van der Waals surface area contributed by atoms with Gasteiger partial charge >= 0.3 is 0 Å². The maximum atomic E-state index is 13.5. The van der Waals surface area contributed by atoms with Crippen LogP contribution in [0.1, 0.15) is 5.56 Å². The number of anilines is 2. The molecule has 6 nitrogen and oxygen atoms in total. The largest absolute Gasteiger partial charge is 0.399 e. The highest BCUT2D eigenvalue weighted by Gasteiger charge is 2.16. The molecule has 0 fully saturated rings. The minimum Gasteiger partial charge on any atom is -0.399 e. The van der Waals surface area contributed by atoms with Crippen molar-refractivity contribution in [2.45, 2.75) is 6.42 Å². The summed E-state index contributed by atoms with van der Waals surface area (Å²) in [6.45, 7) is 0. The van der Waals surface area contributed by atoms with Crippen LogP contribution in [-0.4, -0.2) is 10.8 Å². The van der Waals surface area contributed by atoms with Crippen LogP contribution in [0.5, 0.6) is 0 Å². The number of nitro groups is 1. The molecule has 0 radical (unpaired) electrons. The van der Waals surface area contributed by atoms with Crippen LogP contribution < -0.4 is 11.1 Å². The zero-order valence-electron chi connectivity index (χ0n) is 10.9. The fourth-order valence-corrected chi connectivity index (χ4v) is 1.84. The summed E-state index contributed by atoms with van der Waals surface area (Å²) in [7, 11) is 0. The van der Waals surface area contributed by atoms with Gasteiger partial charge in [-0.05, 0) is 18.2 Å². The van der Waals surface area contributed by atoms with Gasteiger partial charge in [0.2, 0.25) is 5.91 Å². The number of para-hydroxylation sites is 1. The van der Waals surface area contributed by atoms with Crippen molar-refractivity contribution in [2.24, 2.45) is 0 Å². The molecule has 0 saturated carbocycles. The number of nitrogens with one attached hydrogen (secondary N) is 1. The van der Waals surface area contributed by atoms with Crippen molar-refractivity contribution in [3.63, 3.8) is 0 Å². The van der Waals surface area contributed by atoms with Gasteiger partial charge in [0.15, 0.2) is 0 Å². The van der Waals surface area contributed by atoms with E-state index in [2.05, 4.69) is 5.32 Å². The highest BCUT2D eigenvalue weighted by atomic mass is 19.1. The molecule has 0 aliphatic heterocycles. The lowest BCUT2D eigenvalue weighted by Gasteiger charge is -2.07. The number of halogens is 1. The number of rotatable bonds is 4. The summed E-state index contributed by atoms with van der Waals surface area (Å²) in [6, 6.07) is 9.68. The Balaban J connectivity index is 2.16. The monoisotopic (exact) mass is 289 g/mol. The molecular weight excluding hydrogens is 277 g/mol. The van der Waals surface area contributed by atoms with E-state index >= 15 is 0 Å². The molecule has 0 unspecified atom stereocenters. The lowest BCUT2D eigenvalue weighted by Crippen LogP contribution is -2.16. The van der Waals surface area contributed by atoms with Gasteiger partial charge in [-0.15, -0.1) is 0 Å². The standard InChI is InChI=1S/C14H12FN3O3/c15-11-6-5-10(16)8-12(11)17-14(19)7-9-3-1-2-4-13(9)18(20)21/h1-6,8H,7,16H2,(H,17,19). The van der Waals surface area contributed by atoms with Crippen LogP contribution in [0.25, 0.3) is 0 Å². The maximum absolute atomic E-state index is 13.5. The van der Waals surface area contributed by atoms with Gasteiger partial charge in [-0.1, -0.05) is 18.2 Å². The summed E-state index contributed by atoms with van der Waals surface area (Å²) in [5.74, 6) is -1.19. The summed E-state index contributed by atoms with van der Waals surface area (Å²) in [6.07, 6.45) is -0.231. The molecule has 0 aliphatic rings. The minimum atomic E-state index is -0.625. The Labute approximate surface area is 119 Å². The summed E-state index contributed by atoms with van der Waals surface area (Å²) >= 11 is 0. The van der Waals surface area contributed by atoms with E-state index in [9.17, 15) is 19.3 Å². The molecule has 1 amide bonds. The normalized spacial score (nSPS) is 10.1. The van der Waals surface area contributed by atoms with E-state index in [0.29, 0.717) is 5.69 Å². The van der Waals surface area contributed by atoms with E-state index in [0.717, 1.165) is 6.07 Å². The van der Waals surface area contributed by atoms with Crippen LogP contribution >= 0.6 is 0 Å². The van der Waals surface area contributed by atoms with Crippen LogP contribution in [0.15, 0.2) is 42.5 Å². The van der Waals surface area contributed by atoms with Crippen LogP contribution in [0.2, 0.25) is 0 Å². The maximum Gasteiger partial charge on any atom is 0.273 e. The van der Waals surface area contributed by atoms with E-state index in [1.807, 2.05) is 0 Å². The van der Waals surface area contributed by atoms with E-state index < -0.39 is 16.6 Å². The van der Waals surface area contributed by atoms with Gasteiger partial charge in [0.25, 0.3) is 5.69 Å². The number of carbonyl (C=O) groups is 1. The molecule has 0 heterocycles. The van der Waals surface area contributed by atoms with Crippen molar-refractivity contribution in [1.29, 1.82) is 0 Å². The molecule has 0 bridgehead atoms. The fourth-order valence-electron chi connectivity index (χ4n) is 1.84. The summed E-state index contributed by atoms with van der Waals surface area (Å²) < 4.78 is 13.5. The number of carbonyl (C=O) groups excluding carboxylic acids is 1. The van der Waals surface area contributed by atoms with Crippen molar-refractivity contribution < 1.29 is 14.1 Å². The molecule has 0 aromatic heterocycles. The predicted molar refractivity (Wildman–Crippen MR) is 76.2 cm³/mol. The molecule has 0 saturated heterocycles. The lowest BCUT2D eigenvalue weighted by atomic mass is 10.1. The second kappa shape index (κ2) is 6.00. The highest BCUT2D eigenvalue weighted by Crippen LogP contribution is 2.20. The fraction of sp³-hybridized carbons (Fsp3) is 0.0714. The third-order valence-corrected chi connectivity index (χ3v) is 2.80. The van der Waals surface area contributed by atoms with Crippen molar-refractivity contribution in [3.8, 4) is 0 Å². The highest BCUT2D eigenvalue weighted by molar-refractivity contribution is 5.93. The van der Waals surface area contributed by atoms with Gasteiger partial charge in [0.05, 0.1) is 17.0 Å². The third-order valence-electron chi connectivity index (χ3n) is 2.80. The third kappa shape index (κ3) is 3.53. The number of hydrogen-bond donors (Lipinski definition) is 2. The minimum absolute atomic E-state index is 0.0569. The van der Waals surface area contributed by atoms with Crippen molar-refractivity contribution in [2.75, 3.05) is 11.1 Å². The van der Waals surface area contributed by atoms with Gasteiger partial charge < -0.3 is 11.1 Å². The van der Waals surface area contributed by atoms with E-state index in [4.69, 9.17) is 5.73 Å². The Morgan fingerprint density at radius 3 is 2.71 bits per heavy atom. The number of nitrogen functional groups attached to an aromatic ring is 1. The summed E-state index contributed by atoms with van der Waals surface area (Å²) in [4.78, 5) is 22.2. The Kier molecular flexibility index (Phi) is 4.13. The van der Waals surface area contributed by atoms with Gasteiger partial charge in [0.1, 0.15) is 5.82 Å². The van der Waals surface area contributed by atoms with Gasteiger partial charge in [0, 0.05) is 17.3 Å². The molecule has 7 heteroatoms. The second-order valence-electron chi connectivity index (χ2n) is 4.35. The number of hydrogen-bond acceptors (Lipinski definition) is 4. The first-order chi connectivity index (χ1) is 9.97. The molecular formula is C14H12FN3O3. The molecule has 3 N–H and O–H groups in total. The van der Waals surface area contributed by atoms with Crippen LogP contribution in [-0.2, 0) is 11.2 Å². The van der Waals surface area contributed by atoms with E-state index in [1.54, 1.807) is 6.07 Å².